The molecule has 0 aliphatic carbocycles. The molecule has 0 fully saturated rings. The van der Waals surface area contributed by atoms with Crippen molar-refractivity contribution in [1.29, 1.82) is 0 Å². The summed E-state index contributed by atoms with van der Waals surface area (Å²) >= 11 is 7.60. The lowest BCUT2D eigenvalue weighted by Gasteiger charge is -2.02. The molecule has 4 heteroatoms. The van der Waals surface area contributed by atoms with Crippen LogP contribution in [0.1, 0.15) is 0 Å². The molecule has 2 nitrogen and oxygen atoms in total. The van der Waals surface area contributed by atoms with E-state index in [0.717, 1.165) is 16.4 Å². The monoisotopic (exact) mass is 286 g/mol. The number of nitrogens with zero attached hydrogens (tertiary/aromatic N) is 1. The van der Waals surface area contributed by atoms with Gasteiger partial charge < -0.3 is 5.32 Å². The van der Waals surface area contributed by atoms with Crippen LogP contribution in [-0.4, -0.2) is 4.98 Å². The van der Waals surface area contributed by atoms with Crippen LogP contribution in [-0.2, 0) is 0 Å². The summed E-state index contributed by atoms with van der Waals surface area (Å²) in [7, 11) is 0. The predicted octanol–water partition coefficient (Wildman–Crippen LogP) is 5.21. The number of rotatable bonds is 3. The Kier molecular flexibility index (Phi) is 3.49. The average Bonchev–Trinajstić information content (AvgIpc) is 2.89. The molecule has 1 N–H and O–H groups in total. The summed E-state index contributed by atoms with van der Waals surface area (Å²) in [6, 6.07) is 13.9. The number of nitrogens with one attached hydrogen (secondary N) is 1. The lowest BCUT2D eigenvalue weighted by molar-refractivity contribution is 1.33. The fourth-order valence-electron chi connectivity index (χ4n) is 1.77. The highest BCUT2D eigenvalue weighted by Gasteiger charge is 2.03. The summed E-state index contributed by atoms with van der Waals surface area (Å²) in [4.78, 5) is 5.21. The van der Waals surface area contributed by atoms with Gasteiger partial charge >= 0.3 is 0 Å². The molecular formula is C15H11ClN2S. The Labute approximate surface area is 120 Å². The maximum absolute atomic E-state index is 5.90. The van der Waals surface area contributed by atoms with Crippen molar-refractivity contribution in [2.24, 2.45) is 0 Å². The van der Waals surface area contributed by atoms with E-state index in [9.17, 15) is 0 Å². The average molecular weight is 287 g/mol. The van der Waals surface area contributed by atoms with Crippen LogP contribution in [0, 0.1) is 0 Å². The predicted molar refractivity (Wildman–Crippen MR) is 82.3 cm³/mol. The molecule has 0 unspecified atom stereocenters. The quantitative estimate of drug-likeness (QED) is 0.715. The van der Waals surface area contributed by atoms with Gasteiger partial charge in [0.05, 0.1) is 0 Å². The van der Waals surface area contributed by atoms with E-state index in [1.807, 2.05) is 36.4 Å². The number of anilines is 2. The smallest absolute Gasteiger partial charge is 0.0499 e. The highest BCUT2D eigenvalue weighted by Crippen LogP contribution is 2.31. The highest BCUT2D eigenvalue weighted by atomic mass is 35.5. The Morgan fingerprint density at radius 1 is 0.947 bits per heavy atom. The summed E-state index contributed by atoms with van der Waals surface area (Å²) < 4.78 is 0. The molecule has 0 aliphatic heterocycles. The molecule has 2 heterocycles. The minimum atomic E-state index is 0.760. The Morgan fingerprint density at radius 2 is 1.68 bits per heavy atom. The molecule has 0 saturated heterocycles. The SMILES string of the molecule is Clc1ccc(-c2cc(Nc3ccncc3)cs2)cc1. The van der Waals surface area contributed by atoms with Gasteiger partial charge in [-0.3, -0.25) is 4.98 Å². The Balaban J connectivity index is 1.82. The molecule has 19 heavy (non-hydrogen) atoms. The van der Waals surface area contributed by atoms with Gasteiger partial charge in [0.15, 0.2) is 0 Å². The molecule has 94 valence electrons. The van der Waals surface area contributed by atoms with Crippen molar-refractivity contribution in [3.05, 3.63) is 65.3 Å². The molecular weight excluding hydrogens is 276 g/mol. The third-order valence-electron chi connectivity index (χ3n) is 2.70. The van der Waals surface area contributed by atoms with Gasteiger partial charge in [0.25, 0.3) is 0 Å². The van der Waals surface area contributed by atoms with Gasteiger partial charge in [0, 0.05) is 39.0 Å². The van der Waals surface area contributed by atoms with E-state index in [0.29, 0.717) is 0 Å². The van der Waals surface area contributed by atoms with Gasteiger partial charge in [-0.05, 0) is 35.9 Å². The van der Waals surface area contributed by atoms with Crippen molar-refractivity contribution in [2.45, 2.75) is 0 Å². The lowest BCUT2D eigenvalue weighted by atomic mass is 10.2. The Morgan fingerprint density at radius 3 is 2.42 bits per heavy atom. The van der Waals surface area contributed by atoms with Crippen molar-refractivity contribution in [1.82, 2.24) is 4.98 Å². The molecule has 0 aliphatic rings. The number of aromatic nitrogens is 1. The van der Waals surface area contributed by atoms with Crippen LogP contribution in [0.3, 0.4) is 0 Å². The van der Waals surface area contributed by atoms with Crippen molar-refractivity contribution in [2.75, 3.05) is 5.32 Å². The van der Waals surface area contributed by atoms with E-state index in [2.05, 4.69) is 21.7 Å². The lowest BCUT2D eigenvalue weighted by Crippen LogP contribution is -1.87. The zero-order chi connectivity index (χ0) is 13.1. The molecule has 2 aromatic heterocycles. The maximum Gasteiger partial charge on any atom is 0.0499 e. The van der Waals surface area contributed by atoms with Crippen LogP contribution in [0.2, 0.25) is 5.02 Å². The van der Waals surface area contributed by atoms with Gasteiger partial charge in [0.2, 0.25) is 0 Å². The normalized spacial score (nSPS) is 10.4. The minimum absolute atomic E-state index is 0.760. The van der Waals surface area contributed by atoms with Crippen LogP contribution in [0.15, 0.2) is 60.2 Å². The van der Waals surface area contributed by atoms with Crippen LogP contribution < -0.4 is 5.32 Å². The van der Waals surface area contributed by atoms with Gasteiger partial charge in [-0.15, -0.1) is 11.3 Å². The fraction of sp³-hybridized carbons (Fsp3) is 0. The number of hydrogen-bond acceptors (Lipinski definition) is 3. The number of pyridine rings is 1. The second-order valence-corrected chi connectivity index (χ2v) is 5.42. The number of thiophene rings is 1. The summed E-state index contributed by atoms with van der Waals surface area (Å²) in [5, 5.41) is 6.21. The summed E-state index contributed by atoms with van der Waals surface area (Å²) in [5.74, 6) is 0. The van der Waals surface area contributed by atoms with Gasteiger partial charge in [0.1, 0.15) is 0 Å². The summed E-state index contributed by atoms with van der Waals surface area (Å²) in [5.41, 5.74) is 3.30. The molecule has 3 rings (SSSR count). The second kappa shape index (κ2) is 5.43. The van der Waals surface area contributed by atoms with E-state index < -0.39 is 0 Å². The second-order valence-electron chi connectivity index (χ2n) is 4.07. The maximum atomic E-state index is 5.90. The van der Waals surface area contributed by atoms with Crippen LogP contribution in [0.5, 0.6) is 0 Å². The molecule has 0 radical (unpaired) electrons. The van der Waals surface area contributed by atoms with Crippen LogP contribution in [0.25, 0.3) is 10.4 Å². The first kappa shape index (κ1) is 12.2. The van der Waals surface area contributed by atoms with Crippen molar-refractivity contribution < 1.29 is 0 Å². The van der Waals surface area contributed by atoms with Crippen molar-refractivity contribution >= 4 is 34.3 Å². The molecule has 0 saturated carbocycles. The first-order chi connectivity index (χ1) is 9.31. The third-order valence-corrected chi connectivity index (χ3v) is 3.93. The van der Waals surface area contributed by atoms with E-state index in [1.165, 1.54) is 10.4 Å². The standard InChI is InChI=1S/C15H11ClN2S/c16-12-3-1-11(2-4-12)15-9-14(10-19-15)18-13-5-7-17-8-6-13/h1-10H,(H,17,18). The topological polar surface area (TPSA) is 24.9 Å². The number of halogens is 1. The molecule has 0 spiro atoms. The Bertz CT molecular complexity index is 662. The first-order valence-electron chi connectivity index (χ1n) is 5.83. The molecule has 0 atom stereocenters. The zero-order valence-corrected chi connectivity index (χ0v) is 11.6. The summed E-state index contributed by atoms with van der Waals surface area (Å²) in [6.07, 6.45) is 3.55. The molecule has 1 aromatic carbocycles. The minimum Gasteiger partial charge on any atom is -0.355 e. The molecule has 0 bridgehead atoms. The van der Waals surface area contributed by atoms with Gasteiger partial charge in [-0.25, -0.2) is 0 Å². The van der Waals surface area contributed by atoms with Crippen molar-refractivity contribution in [3.8, 4) is 10.4 Å². The number of hydrogen-bond donors (Lipinski definition) is 1. The summed E-state index contributed by atoms with van der Waals surface area (Å²) in [6.45, 7) is 0. The van der Waals surface area contributed by atoms with Crippen molar-refractivity contribution in [3.63, 3.8) is 0 Å². The van der Waals surface area contributed by atoms with Gasteiger partial charge in [-0.1, -0.05) is 23.7 Å². The third kappa shape index (κ3) is 2.95. The van der Waals surface area contributed by atoms with Crippen LogP contribution in [0.4, 0.5) is 11.4 Å². The van der Waals surface area contributed by atoms with Crippen LogP contribution >= 0.6 is 22.9 Å². The van der Waals surface area contributed by atoms with E-state index in [1.54, 1.807) is 23.7 Å². The largest absolute Gasteiger partial charge is 0.355 e. The van der Waals surface area contributed by atoms with E-state index >= 15 is 0 Å². The van der Waals surface area contributed by atoms with E-state index in [4.69, 9.17) is 11.6 Å². The molecule has 3 aromatic rings. The molecule has 0 amide bonds. The van der Waals surface area contributed by atoms with Gasteiger partial charge in [-0.2, -0.15) is 0 Å². The fourth-order valence-corrected chi connectivity index (χ4v) is 2.74. The number of benzene rings is 1. The zero-order valence-electron chi connectivity index (χ0n) is 10.0. The Hall–Kier alpha value is -1.84. The first-order valence-corrected chi connectivity index (χ1v) is 7.08. The highest BCUT2D eigenvalue weighted by molar-refractivity contribution is 7.14. The van der Waals surface area contributed by atoms with E-state index in [-0.39, 0.29) is 0 Å².